The van der Waals surface area contributed by atoms with E-state index in [-0.39, 0.29) is 5.82 Å². The summed E-state index contributed by atoms with van der Waals surface area (Å²) < 4.78 is 13.7. The van der Waals surface area contributed by atoms with Crippen molar-refractivity contribution in [2.45, 2.75) is 46.7 Å². The van der Waals surface area contributed by atoms with Gasteiger partial charge in [0.05, 0.1) is 0 Å². The van der Waals surface area contributed by atoms with Crippen LogP contribution in [0.4, 0.5) is 4.39 Å². The van der Waals surface area contributed by atoms with Crippen LogP contribution in [0.15, 0.2) is 24.3 Å². The van der Waals surface area contributed by atoms with Gasteiger partial charge in [-0.2, -0.15) is 0 Å². The molecule has 1 N–H and O–H groups in total. The van der Waals surface area contributed by atoms with E-state index in [4.69, 9.17) is 0 Å². The summed E-state index contributed by atoms with van der Waals surface area (Å²) in [4.78, 5) is 9.06. The summed E-state index contributed by atoms with van der Waals surface area (Å²) in [5, 5.41) is 3.38. The van der Waals surface area contributed by atoms with Gasteiger partial charge in [0.15, 0.2) is 0 Å². The molecule has 0 atom stereocenters. The average Bonchev–Trinajstić information content (AvgIpc) is 2.40. The number of nitrogens with zero attached hydrogens (tertiary/aromatic N) is 2. The van der Waals surface area contributed by atoms with Gasteiger partial charge < -0.3 is 5.32 Å². The van der Waals surface area contributed by atoms with Crippen LogP contribution in [-0.2, 0) is 13.0 Å². The number of aromatic nitrogens is 2. The van der Waals surface area contributed by atoms with Crippen molar-refractivity contribution >= 4 is 0 Å². The number of nitrogens with one attached hydrogen (secondary N) is 1. The van der Waals surface area contributed by atoms with Gasteiger partial charge in [0.1, 0.15) is 11.6 Å². The smallest absolute Gasteiger partial charge is 0.133 e. The number of halogens is 1. The molecule has 2 aromatic rings. The van der Waals surface area contributed by atoms with Gasteiger partial charge in [-0.25, -0.2) is 14.4 Å². The molecule has 0 aliphatic rings. The summed E-state index contributed by atoms with van der Waals surface area (Å²) in [5.74, 6) is 0.463. The van der Waals surface area contributed by atoms with Gasteiger partial charge in [0, 0.05) is 36.0 Å². The Morgan fingerprint density at radius 3 is 2.29 bits per heavy atom. The van der Waals surface area contributed by atoms with Gasteiger partial charge in [0.2, 0.25) is 0 Å². The first-order chi connectivity index (χ1) is 9.97. The first-order valence-electron chi connectivity index (χ1n) is 7.27. The Balaban J connectivity index is 2.21. The van der Waals surface area contributed by atoms with Crippen molar-refractivity contribution < 1.29 is 4.39 Å². The van der Waals surface area contributed by atoms with Crippen LogP contribution in [0.1, 0.15) is 42.2 Å². The number of hydrogen-bond donors (Lipinski definition) is 1. The monoisotopic (exact) mass is 287 g/mol. The molecule has 0 saturated heterocycles. The molecule has 0 aliphatic heterocycles. The van der Waals surface area contributed by atoms with Crippen LogP contribution in [0.25, 0.3) is 0 Å². The number of aryl methyl sites for hydroxylation is 2. The topological polar surface area (TPSA) is 37.8 Å². The van der Waals surface area contributed by atoms with E-state index >= 15 is 0 Å². The molecule has 0 unspecified atom stereocenters. The average molecular weight is 287 g/mol. The zero-order valence-corrected chi connectivity index (χ0v) is 13.1. The second-order valence-corrected chi connectivity index (χ2v) is 5.59. The van der Waals surface area contributed by atoms with Crippen LogP contribution in [-0.4, -0.2) is 16.0 Å². The Morgan fingerprint density at radius 2 is 1.71 bits per heavy atom. The molecule has 0 radical (unpaired) electrons. The van der Waals surface area contributed by atoms with E-state index in [0.717, 1.165) is 23.5 Å². The third-order valence-corrected chi connectivity index (χ3v) is 3.46. The molecule has 1 aromatic heterocycles. The largest absolute Gasteiger partial charge is 0.310 e. The Labute approximate surface area is 125 Å². The third-order valence-electron chi connectivity index (χ3n) is 3.46. The zero-order valence-electron chi connectivity index (χ0n) is 13.1. The highest BCUT2D eigenvalue weighted by Gasteiger charge is 2.11. The van der Waals surface area contributed by atoms with E-state index in [9.17, 15) is 4.39 Å². The summed E-state index contributed by atoms with van der Waals surface area (Å²) in [7, 11) is 0. The van der Waals surface area contributed by atoms with Gasteiger partial charge in [-0.05, 0) is 25.5 Å². The standard InChI is InChI=1S/C17H22FN3/c1-11(2)19-10-15-12(3)20-17(21-13(15)4)9-14-7-5-6-8-16(14)18/h5-8,11,19H,9-10H2,1-4H3. The maximum Gasteiger partial charge on any atom is 0.133 e. The normalized spacial score (nSPS) is 11.1. The molecule has 21 heavy (non-hydrogen) atoms. The lowest BCUT2D eigenvalue weighted by molar-refractivity contribution is 0.581. The van der Waals surface area contributed by atoms with E-state index in [1.54, 1.807) is 12.1 Å². The predicted octanol–water partition coefficient (Wildman–Crippen LogP) is 3.32. The third kappa shape index (κ3) is 4.08. The Bertz CT molecular complexity index is 600. The van der Waals surface area contributed by atoms with Crippen LogP contribution in [0.3, 0.4) is 0 Å². The lowest BCUT2D eigenvalue weighted by Crippen LogP contribution is -2.23. The molecule has 0 spiro atoms. The van der Waals surface area contributed by atoms with E-state index < -0.39 is 0 Å². The minimum absolute atomic E-state index is 0.207. The van der Waals surface area contributed by atoms with Crippen molar-refractivity contribution in [1.29, 1.82) is 0 Å². The van der Waals surface area contributed by atoms with Crippen LogP contribution in [0.5, 0.6) is 0 Å². The highest BCUT2D eigenvalue weighted by molar-refractivity contribution is 5.27. The Hall–Kier alpha value is -1.81. The van der Waals surface area contributed by atoms with Crippen LogP contribution in [0, 0.1) is 19.7 Å². The molecule has 3 nitrogen and oxygen atoms in total. The maximum atomic E-state index is 13.7. The molecular weight excluding hydrogens is 265 g/mol. The van der Waals surface area contributed by atoms with Crippen LogP contribution in [0.2, 0.25) is 0 Å². The van der Waals surface area contributed by atoms with Gasteiger partial charge in [-0.3, -0.25) is 0 Å². The van der Waals surface area contributed by atoms with Crippen molar-refractivity contribution in [3.63, 3.8) is 0 Å². The number of benzene rings is 1. The van der Waals surface area contributed by atoms with Gasteiger partial charge in [-0.1, -0.05) is 32.0 Å². The molecule has 4 heteroatoms. The quantitative estimate of drug-likeness (QED) is 0.916. The van der Waals surface area contributed by atoms with Crippen molar-refractivity contribution in [1.82, 2.24) is 15.3 Å². The molecule has 1 heterocycles. The summed E-state index contributed by atoms with van der Waals surface area (Å²) in [6.45, 7) is 8.94. The van der Waals surface area contributed by atoms with Crippen molar-refractivity contribution in [2.75, 3.05) is 0 Å². The Kier molecular flexibility index (Phi) is 5.02. The fourth-order valence-electron chi connectivity index (χ4n) is 2.26. The molecule has 2 rings (SSSR count). The lowest BCUT2D eigenvalue weighted by atomic mass is 10.1. The summed E-state index contributed by atoms with van der Waals surface area (Å²) >= 11 is 0. The molecular formula is C17H22FN3. The molecule has 0 fully saturated rings. The van der Waals surface area contributed by atoms with Crippen LogP contribution >= 0.6 is 0 Å². The molecule has 0 saturated carbocycles. The first-order valence-corrected chi connectivity index (χ1v) is 7.27. The van der Waals surface area contributed by atoms with Crippen molar-refractivity contribution in [3.05, 3.63) is 58.4 Å². The molecule has 0 aliphatic carbocycles. The molecule has 0 amide bonds. The summed E-state index contributed by atoms with van der Waals surface area (Å²) in [6.07, 6.45) is 0.423. The SMILES string of the molecule is Cc1nc(Cc2ccccc2F)nc(C)c1CNC(C)C. The van der Waals surface area contributed by atoms with E-state index in [1.165, 1.54) is 6.07 Å². The Morgan fingerprint density at radius 1 is 1.10 bits per heavy atom. The van der Waals surface area contributed by atoms with Crippen molar-refractivity contribution in [3.8, 4) is 0 Å². The first kappa shape index (κ1) is 15.6. The number of hydrogen-bond acceptors (Lipinski definition) is 3. The molecule has 1 aromatic carbocycles. The van der Waals surface area contributed by atoms with Gasteiger partial charge in [-0.15, -0.1) is 0 Å². The maximum absolute atomic E-state index is 13.7. The lowest BCUT2D eigenvalue weighted by Gasteiger charge is -2.13. The number of rotatable bonds is 5. The fraction of sp³-hybridized carbons (Fsp3) is 0.412. The summed E-state index contributed by atoms with van der Waals surface area (Å²) in [5.41, 5.74) is 3.68. The highest BCUT2D eigenvalue weighted by atomic mass is 19.1. The second-order valence-electron chi connectivity index (χ2n) is 5.59. The second kappa shape index (κ2) is 6.76. The molecule has 0 bridgehead atoms. The van der Waals surface area contributed by atoms with Gasteiger partial charge >= 0.3 is 0 Å². The zero-order chi connectivity index (χ0) is 15.4. The predicted molar refractivity (Wildman–Crippen MR) is 82.7 cm³/mol. The van der Waals surface area contributed by atoms with Gasteiger partial charge in [0.25, 0.3) is 0 Å². The van der Waals surface area contributed by atoms with E-state index in [1.807, 2.05) is 19.9 Å². The minimum Gasteiger partial charge on any atom is -0.310 e. The molecule has 112 valence electrons. The fourth-order valence-corrected chi connectivity index (χ4v) is 2.26. The summed E-state index contributed by atoms with van der Waals surface area (Å²) in [6, 6.07) is 7.19. The van der Waals surface area contributed by atoms with E-state index in [2.05, 4.69) is 29.1 Å². The van der Waals surface area contributed by atoms with E-state index in [0.29, 0.717) is 23.9 Å². The van der Waals surface area contributed by atoms with Crippen molar-refractivity contribution in [2.24, 2.45) is 0 Å². The minimum atomic E-state index is -0.207. The van der Waals surface area contributed by atoms with Crippen LogP contribution < -0.4 is 5.32 Å². The highest BCUT2D eigenvalue weighted by Crippen LogP contribution is 2.14.